The Kier molecular flexibility index (Phi) is 4.15. The predicted octanol–water partition coefficient (Wildman–Crippen LogP) is 1.42. The number of hydrogen-bond acceptors (Lipinski definition) is 4. The van der Waals surface area contributed by atoms with Crippen LogP contribution in [0.25, 0.3) is 0 Å². The first kappa shape index (κ1) is 12.8. The van der Waals surface area contributed by atoms with Crippen LogP contribution in [0.3, 0.4) is 0 Å². The van der Waals surface area contributed by atoms with Gasteiger partial charge in [0, 0.05) is 25.9 Å². The largest absolute Gasteiger partial charge is 0.386 e. The van der Waals surface area contributed by atoms with Crippen molar-refractivity contribution < 1.29 is 9.53 Å². The van der Waals surface area contributed by atoms with Crippen molar-refractivity contribution in [3.8, 4) is 0 Å². The molecule has 2 rings (SSSR count). The molecule has 5 nitrogen and oxygen atoms in total. The van der Waals surface area contributed by atoms with Crippen molar-refractivity contribution in [1.82, 2.24) is 10.3 Å². The normalized spacial score (nSPS) is 22.1. The fourth-order valence-electron chi connectivity index (χ4n) is 2.11. The van der Waals surface area contributed by atoms with Crippen molar-refractivity contribution in [2.75, 3.05) is 19.0 Å². The van der Waals surface area contributed by atoms with Gasteiger partial charge in [-0.25, -0.2) is 0 Å². The van der Waals surface area contributed by atoms with Crippen molar-refractivity contribution in [1.29, 1.82) is 0 Å². The summed E-state index contributed by atoms with van der Waals surface area (Å²) in [7, 11) is 1.78. The molecule has 1 amide bonds. The molecule has 0 saturated heterocycles. The van der Waals surface area contributed by atoms with Crippen LogP contribution in [0.5, 0.6) is 0 Å². The number of aromatic nitrogens is 1. The van der Waals surface area contributed by atoms with Crippen molar-refractivity contribution >= 4 is 11.6 Å². The van der Waals surface area contributed by atoms with Crippen molar-refractivity contribution in [2.45, 2.75) is 31.9 Å². The molecule has 0 unspecified atom stereocenters. The Hall–Kier alpha value is -1.62. The fraction of sp³-hybridized carbons (Fsp3) is 0.538. The van der Waals surface area contributed by atoms with E-state index < -0.39 is 0 Å². The van der Waals surface area contributed by atoms with Crippen molar-refractivity contribution in [3.63, 3.8) is 0 Å². The van der Waals surface area contributed by atoms with Gasteiger partial charge in [-0.15, -0.1) is 0 Å². The molecule has 0 aromatic carbocycles. The third kappa shape index (κ3) is 2.79. The van der Waals surface area contributed by atoms with E-state index in [0.29, 0.717) is 11.7 Å². The lowest BCUT2D eigenvalue weighted by atomic mass is 9.89. The summed E-state index contributed by atoms with van der Waals surface area (Å²) in [6.45, 7) is 2.72. The van der Waals surface area contributed by atoms with Crippen LogP contribution in [0.1, 0.15) is 30.1 Å². The Morgan fingerprint density at radius 3 is 3.00 bits per heavy atom. The maximum Gasteiger partial charge on any atom is 0.253 e. The Balaban J connectivity index is 1.89. The first-order valence-corrected chi connectivity index (χ1v) is 6.28. The second kappa shape index (κ2) is 5.82. The predicted molar refractivity (Wildman–Crippen MR) is 69.7 cm³/mol. The van der Waals surface area contributed by atoms with E-state index in [1.165, 1.54) is 0 Å². The number of carbonyl (C=O) groups excluding carboxylic acids is 1. The summed E-state index contributed by atoms with van der Waals surface area (Å²) in [5.41, 5.74) is 1.38. The molecule has 1 aromatic rings. The second-order valence-corrected chi connectivity index (χ2v) is 4.39. The molecule has 0 atom stereocenters. The number of ether oxygens (including phenoxy) is 1. The van der Waals surface area contributed by atoms with Crippen LogP contribution in [0.2, 0.25) is 0 Å². The molecule has 1 saturated carbocycles. The van der Waals surface area contributed by atoms with Crippen molar-refractivity contribution in [3.05, 3.63) is 24.0 Å². The van der Waals surface area contributed by atoms with Crippen LogP contribution in [0, 0.1) is 0 Å². The standard InChI is InChI=1S/C13H19N3O2/c1-3-18-10-6-9(7-10)16-13(17)11-4-5-15-8-12(11)14-2/h4-5,8-10,14H,3,6-7H2,1-2H3,(H,16,17). The highest BCUT2D eigenvalue weighted by molar-refractivity contribution is 5.99. The van der Waals surface area contributed by atoms with E-state index in [-0.39, 0.29) is 11.9 Å². The summed E-state index contributed by atoms with van der Waals surface area (Å²) in [4.78, 5) is 16.1. The number of amides is 1. The van der Waals surface area contributed by atoms with Gasteiger partial charge in [0.25, 0.3) is 5.91 Å². The molecule has 98 valence electrons. The molecule has 1 aliphatic rings. The van der Waals surface area contributed by atoms with Gasteiger partial charge >= 0.3 is 0 Å². The summed E-state index contributed by atoms with van der Waals surface area (Å²) in [5, 5.41) is 5.98. The van der Waals surface area contributed by atoms with Crippen LogP contribution in [0.4, 0.5) is 5.69 Å². The zero-order chi connectivity index (χ0) is 13.0. The Morgan fingerprint density at radius 2 is 2.33 bits per heavy atom. The molecular weight excluding hydrogens is 230 g/mol. The average molecular weight is 249 g/mol. The number of hydrogen-bond donors (Lipinski definition) is 2. The molecule has 0 aliphatic heterocycles. The minimum absolute atomic E-state index is 0.0540. The zero-order valence-corrected chi connectivity index (χ0v) is 10.8. The van der Waals surface area contributed by atoms with E-state index >= 15 is 0 Å². The smallest absolute Gasteiger partial charge is 0.253 e. The van der Waals surface area contributed by atoms with E-state index in [1.54, 1.807) is 25.5 Å². The van der Waals surface area contributed by atoms with Gasteiger partial charge < -0.3 is 15.4 Å². The van der Waals surface area contributed by atoms with Gasteiger partial charge in [-0.3, -0.25) is 9.78 Å². The average Bonchev–Trinajstić information content (AvgIpc) is 2.36. The summed E-state index contributed by atoms with van der Waals surface area (Å²) in [5.74, 6) is -0.0540. The highest BCUT2D eigenvalue weighted by atomic mass is 16.5. The Morgan fingerprint density at radius 1 is 1.56 bits per heavy atom. The van der Waals surface area contributed by atoms with Crippen LogP contribution in [-0.4, -0.2) is 36.7 Å². The van der Waals surface area contributed by atoms with Crippen molar-refractivity contribution in [2.24, 2.45) is 0 Å². The summed E-state index contributed by atoms with van der Waals surface area (Å²) in [6.07, 6.45) is 5.39. The molecule has 2 N–H and O–H groups in total. The van der Waals surface area contributed by atoms with Gasteiger partial charge in [-0.2, -0.15) is 0 Å². The summed E-state index contributed by atoms with van der Waals surface area (Å²) >= 11 is 0. The van der Waals surface area contributed by atoms with Crippen LogP contribution in [-0.2, 0) is 4.74 Å². The number of nitrogens with zero attached hydrogens (tertiary/aromatic N) is 1. The first-order valence-electron chi connectivity index (χ1n) is 6.28. The molecule has 0 bridgehead atoms. The number of nitrogens with one attached hydrogen (secondary N) is 2. The van der Waals surface area contributed by atoms with E-state index in [4.69, 9.17) is 4.74 Å². The third-order valence-corrected chi connectivity index (χ3v) is 3.17. The van der Waals surface area contributed by atoms with Gasteiger partial charge in [0.05, 0.1) is 23.6 Å². The highest BCUT2D eigenvalue weighted by Crippen LogP contribution is 2.24. The highest BCUT2D eigenvalue weighted by Gasteiger charge is 2.31. The quantitative estimate of drug-likeness (QED) is 0.828. The lowest BCUT2D eigenvalue weighted by Crippen LogP contribution is -2.47. The lowest BCUT2D eigenvalue weighted by molar-refractivity contribution is -0.00861. The molecule has 0 radical (unpaired) electrons. The zero-order valence-electron chi connectivity index (χ0n) is 10.8. The van der Waals surface area contributed by atoms with Gasteiger partial charge in [-0.1, -0.05) is 0 Å². The van der Waals surface area contributed by atoms with E-state index in [9.17, 15) is 4.79 Å². The van der Waals surface area contributed by atoms with Gasteiger partial charge in [0.15, 0.2) is 0 Å². The molecule has 18 heavy (non-hydrogen) atoms. The SMILES string of the molecule is CCOC1CC(NC(=O)c2ccncc2NC)C1. The van der Waals surface area contributed by atoms with Crippen LogP contribution in [0.15, 0.2) is 18.5 Å². The monoisotopic (exact) mass is 249 g/mol. The lowest BCUT2D eigenvalue weighted by Gasteiger charge is -2.35. The van der Waals surface area contributed by atoms with Crippen LogP contribution < -0.4 is 10.6 Å². The minimum atomic E-state index is -0.0540. The van der Waals surface area contributed by atoms with E-state index in [2.05, 4.69) is 15.6 Å². The van der Waals surface area contributed by atoms with E-state index in [1.807, 2.05) is 6.92 Å². The molecular formula is C13H19N3O2. The molecule has 1 heterocycles. The summed E-state index contributed by atoms with van der Waals surface area (Å²) in [6, 6.07) is 1.95. The third-order valence-electron chi connectivity index (χ3n) is 3.17. The number of pyridine rings is 1. The Bertz CT molecular complexity index is 416. The Labute approximate surface area is 107 Å². The van der Waals surface area contributed by atoms with Gasteiger partial charge in [0.1, 0.15) is 0 Å². The summed E-state index contributed by atoms with van der Waals surface area (Å²) < 4.78 is 5.47. The van der Waals surface area contributed by atoms with Gasteiger partial charge in [-0.05, 0) is 25.8 Å². The topological polar surface area (TPSA) is 63.2 Å². The van der Waals surface area contributed by atoms with E-state index in [0.717, 1.165) is 25.1 Å². The molecule has 1 aliphatic carbocycles. The maximum atomic E-state index is 12.1. The molecule has 5 heteroatoms. The molecule has 1 fully saturated rings. The fourth-order valence-corrected chi connectivity index (χ4v) is 2.11. The van der Waals surface area contributed by atoms with Crippen LogP contribution >= 0.6 is 0 Å². The number of carbonyl (C=O) groups is 1. The number of anilines is 1. The second-order valence-electron chi connectivity index (χ2n) is 4.39. The molecule has 1 aromatic heterocycles. The molecule has 0 spiro atoms. The minimum Gasteiger partial charge on any atom is -0.386 e. The number of rotatable bonds is 5. The maximum absolute atomic E-state index is 12.1. The van der Waals surface area contributed by atoms with Gasteiger partial charge in [0.2, 0.25) is 0 Å². The first-order chi connectivity index (χ1) is 8.74.